The second-order valence-electron chi connectivity index (χ2n) is 7.70. The molecule has 0 aliphatic carbocycles. The summed E-state index contributed by atoms with van der Waals surface area (Å²) in [5, 5.41) is 2.98. The zero-order valence-corrected chi connectivity index (χ0v) is 18.6. The predicted molar refractivity (Wildman–Crippen MR) is 127 cm³/mol. The number of benzodiazepines with no additional fused rings is 1. The van der Waals surface area contributed by atoms with Crippen LogP contribution in [0.2, 0.25) is 0 Å². The van der Waals surface area contributed by atoms with Crippen molar-refractivity contribution in [3.05, 3.63) is 88.5 Å². The summed E-state index contributed by atoms with van der Waals surface area (Å²) in [6.45, 7) is 0.597. The van der Waals surface area contributed by atoms with Gasteiger partial charge in [-0.25, -0.2) is 0 Å². The van der Waals surface area contributed by atoms with E-state index in [4.69, 9.17) is 15.2 Å². The van der Waals surface area contributed by atoms with Gasteiger partial charge >= 0.3 is 0 Å². The quantitative estimate of drug-likeness (QED) is 0.583. The summed E-state index contributed by atoms with van der Waals surface area (Å²) < 4.78 is 11.1. The first-order valence-electron chi connectivity index (χ1n) is 10.5. The van der Waals surface area contributed by atoms with Crippen molar-refractivity contribution in [2.75, 3.05) is 26.1 Å². The number of ether oxygens (including phenoxy) is 2. The maximum atomic E-state index is 12.5. The van der Waals surface area contributed by atoms with Crippen LogP contribution in [-0.4, -0.2) is 38.3 Å². The van der Waals surface area contributed by atoms with Gasteiger partial charge in [-0.1, -0.05) is 42.5 Å². The molecule has 7 nitrogen and oxygen atoms in total. The van der Waals surface area contributed by atoms with Gasteiger partial charge in [0.25, 0.3) is 0 Å². The number of carbonyl (C=O) groups excluding carboxylic acids is 2. The van der Waals surface area contributed by atoms with Crippen LogP contribution in [0.3, 0.4) is 0 Å². The monoisotopic (exact) mass is 443 g/mol. The summed E-state index contributed by atoms with van der Waals surface area (Å²) in [4.78, 5) is 29.0. The molecule has 0 saturated carbocycles. The van der Waals surface area contributed by atoms with Crippen molar-refractivity contribution in [1.82, 2.24) is 0 Å². The number of hydrogen-bond donors (Lipinski definition) is 2. The van der Waals surface area contributed by atoms with Gasteiger partial charge in [0, 0.05) is 30.9 Å². The number of carbonyl (C=O) groups is 2. The van der Waals surface area contributed by atoms with Gasteiger partial charge in [0.05, 0.1) is 24.6 Å². The fourth-order valence-corrected chi connectivity index (χ4v) is 4.17. The van der Waals surface area contributed by atoms with E-state index in [1.54, 1.807) is 32.4 Å². The molecule has 0 bridgehead atoms. The molecule has 0 unspecified atom stereocenters. The molecule has 1 aliphatic heterocycles. The SMILES string of the molecule is COCc1cc2c(c(COC)c1-c1ccccc1)C(c1cccc(C(N)=O)c1)=NCC(=O)N2. The van der Waals surface area contributed by atoms with Gasteiger partial charge in [0.15, 0.2) is 0 Å². The van der Waals surface area contributed by atoms with Crippen molar-refractivity contribution >= 4 is 23.2 Å². The van der Waals surface area contributed by atoms with E-state index in [-0.39, 0.29) is 19.1 Å². The number of nitrogens with one attached hydrogen (secondary N) is 1. The Morgan fingerprint density at radius 1 is 0.970 bits per heavy atom. The van der Waals surface area contributed by atoms with E-state index < -0.39 is 5.91 Å². The van der Waals surface area contributed by atoms with Crippen molar-refractivity contribution in [2.24, 2.45) is 10.7 Å². The lowest BCUT2D eigenvalue weighted by Crippen LogP contribution is -2.16. The minimum atomic E-state index is -0.530. The molecule has 0 spiro atoms. The van der Waals surface area contributed by atoms with Crippen LogP contribution in [0.25, 0.3) is 11.1 Å². The molecule has 33 heavy (non-hydrogen) atoms. The topological polar surface area (TPSA) is 103 Å². The Labute approximate surface area is 192 Å². The Morgan fingerprint density at radius 2 is 1.70 bits per heavy atom. The molecule has 3 N–H and O–H groups in total. The average Bonchev–Trinajstić information content (AvgIpc) is 2.98. The third-order valence-electron chi connectivity index (χ3n) is 5.48. The van der Waals surface area contributed by atoms with Crippen molar-refractivity contribution in [3.8, 4) is 11.1 Å². The fourth-order valence-electron chi connectivity index (χ4n) is 4.17. The van der Waals surface area contributed by atoms with E-state index in [0.717, 1.165) is 27.8 Å². The van der Waals surface area contributed by atoms with Crippen LogP contribution >= 0.6 is 0 Å². The summed E-state index contributed by atoms with van der Waals surface area (Å²) in [7, 11) is 3.27. The number of fused-ring (bicyclic) bond motifs is 1. The number of amides is 2. The highest BCUT2D eigenvalue weighted by atomic mass is 16.5. The van der Waals surface area contributed by atoms with Crippen LogP contribution in [0.4, 0.5) is 5.69 Å². The lowest BCUT2D eigenvalue weighted by atomic mass is 9.86. The van der Waals surface area contributed by atoms with E-state index in [1.807, 2.05) is 42.5 Å². The van der Waals surface area contributed by atoms with Crippen LogP contribution in [0.5, 0.6) is 0 Å². The third kappa shape index (κ3) is 4.55. The second kappa shape index (κ2) is 9.77. The van der Waals surface area contributed by atoms with Gasteiger partial charge in [-0.05, 0) is 40.5 Å². The maximum Gasteiger partial charge on any atom is 0.248 e. The predicted octanol–water partition coefficient (Wildman–Crippen LogP) is 3.53. The molecule has 2 amide bonds. The highest BCUT2D eigenvalue weighted by molar-refractivity contribution is 6.21. The lowest BCUT2D eigenvalue weighted by molar-refractivity contribution is -0.114. The zero-order valence-electron chi connectivity index (χ0n) is 18.6. The molecular weight excluding hydrogens is 418 g/mol. The summed E-state index contributed by atoms with van der Waals surface area (Å²) in [6, 6.07) is 18.8. The number of rotatable bonds is 7. The molecule has 7 heteroatoms. The normalized spacial score (nSPS) is 13.0. The Morgan fingerprint density at radius 3 is 2.39 bits per heavy atom. The largest absolute Gasteiger partial charge is 0.380 e. The maximum absolute atomic E-state index is 12.5. The Balaban J connectivity index is 2.05. The van der Waals surface area contributed by atoms with Crippen LogP contribution in [0, 0.1) is 0 Å². The minimum absolute atomic E-state index is 0.0441. The standard InChI is InChI=1S/C26H25N3O4/c1-32-14-19-12-21-24(20(15-33-2)23(19)16-7-4-3-5-8-16)25(28-13-22(30)29-21)17-9-6-10-18(11-17)26(27)31/h3-12H,13-15H2,1-2H3,(H2,27,31)(H,29,30). The lowest BCUT2D eigenvalue weighted by Gasteiger charge is -2.22. The van der Waals surface area contributed by atoms with E-state index in [1.165, 1.54) is 0 Å². The van der Waals surface area contributed by atoms with E-state index in [0.29, 0.717) is 29.1 Å². The Hall–Kier alpha value is -3.81. The molecule has 168 valence electrons. The number of hydrogen-bond acceptors (Lipinski definition) is 5. The zero-order chi connectivity index (χ0) is 23.4. The molecule has 1 aliphatic rings. The highest BCUT2D eigenvalue weighted by Gasteiger charge is 2.26. The van der Waals surface area contributed by atoms with Gasteiger partial charge < -0.3 is 20.5 Å². The smallest absolute Gasteiger partial charge is 0.248 e. The number of benzene rings is 3. The average molecular weight is 444 g/mol. The van der Waals surface area contributed by atoms with E-state index in [9.17, 15) is 9.59 Å². The van der Waals surface area contributed by atoms with Gasteiger partial charge in [0.2, 0.25) is 11.8 Å². The van der Waals surface area contributed by atoms with Crippen LogP contribution in [0.15, 0.2) is 65.7 Å². The van der Waals surface area contributed by atoms with Crippen molar-refractivity contribution < 1.29 is 19.1 Å². The number of methoxy groups -OCH3 is 2. The summed E-state index contributed by atoms with van der Waals surface area (Å²) >= 11 is 0. The summed E-state index contributed by atoms with van der Waals surface area (Å²) in [5.41, 5.74) is 12.3. The molecule has 0 aromatic heterocycles. The second-order valence-corrected chi connectivity index (χ2v) is 7.70. The first-order valence-corrected chi connectivity index (χ1v) is 10.5. The number of anilines is 1. The van der Waals surface area contributed by atoms with Gasteiger partial charge in [-0.15, -0.1) is 0 Å². The third-order valence-corrected chi connectivity index (χ3v) is 5.48. The van der Waals surface area contributed by atoms with E-state index >= 15 is 0 Å². The van der Waals surface area contributed by atoms with Crippen molar-refractivity contribution in [1.29, 1.82) is 0 Å². The Bertz CT molecular complexity index is 1240. The fraction of sp³-hybridized carbons (Fsp3) is 0.192. The summed E-state index contributed by atoms with van der Waals surface area (Å²) in [6.07, 6.45) is 0. The number of nitrogens with two attached hydrogens (primary N) is 1. The molecule has 3 aromatic carbocycles. The van der Waals surface area contributed by atoms with Gasteiger partial charge in [-0.3, -0.25) is 14.6 Å². The molecule has 3 aromatic rings. The van der Waals surface area contributed by atoms with Crippen LogP contribution in [-0.2, 0) is 27.5 Å². The molecule has 0 saturated heterocycles. The highest BCUT2D eigenvalue weighted by Crippen LogP contribution is 2.38. The molecule has 0 atom stereocenters. The molecule has 4 rings (SSSR count). The van der Waals surface area contributed by atoms with Crippen molar-refractivity contribution in [2.45, 2.75) is 13.2 Å². The molecule has 0 fully saturated rings. The van der Waals surface area contributed by atoms with Crippen LogP contribution < -0.4 is 11.1 Å². The van der Waals surface area contributed by atoms with E-state index in [2.05, 4.69) is 10.3 Å². The Kier molecular flexibility index (Phi) is 6.63. The number of aliphatic imine (C=N–C) groups is 1. The first kappa shape index (κ1) is 22.4. The first-order chi connectivity index (χ1) is 16.0. The van der Waals surface area contributed by atoms with Crippen molar-refractivity contribution in [3.63, 3.8) is 0 Å². The van der Waals surface area contributed by atoms with Gasteiger partial charge in [0.1, 0.15) is 6.54 Å². The number of primary amides is 1. The molecule has 0 radical (unpaired) electrons. The molecular formula is C26H25N3O4. The number of nitrogens with zero attached hydrogens (tertiary/aromatic N) is 1. The molecule has 1 heterocycles. The minimum Gasteiger partial charge on any atom is -0.380 e. The van der Waals surface area contributed by atoms with Gasteiger partial charge in [-0.2, -0.15) is 0 Å². The van der Waals surface area contributed by atoms with Crippen LogP contribution in [0.1, 0.15) is 32.6 Å². The summed E-state index contributed by atoms with van der Waals surface area (Å²) in [5.74, 6) is -0.755.